The van der Waals surface area contributed by atoms with Gasteiger partial charge in [-0.2, -0.15) is 0 Å². The van der Waals surface area contributed by atoms with Crippen LogP contribution < -0.4 is 0 Å². The molecule has 0 rings (SSSR count). The summed E-state index contributed by atoms with van der Waals surface area (Å²) in [6, 6.07) is 0. The van der Waals surface area contributed by atoms with Crippen LogP contribution >= 0.6 is 24.0 Å². The summed E-state index contributed by atoms with van der Waals surface area (Å²) < 4.78 is 9.91. The van der Waals surface area contributed by atoms with Gasteiger partial charge in [0.05, 0.1) is 0 Å². The van der Waals surface area contributed by atoms with Crippen LogP contribution in [0.15, 0.2) is 0 Å². The Morgan fingerprint density at radius 2 is 0.441 bits per heavy atom. The van der Waals surface area contributed by atoms with Gasteiger partial charge in [0.25, 0.3) is 0 Å². The fourth-order valence-corrected chi connectivity index (χ4v) is 24.9. The largest absolute Gasteiger partial charge is 0.269 e. The fourth-order valence-electron chi connectivity index (χ4n) is 3.71. The molecule has 0 aromatic carbocycles. The average molecular weight is 812 g/mol. The van der Waals surface area contributed by atoms with Crippen molar-refractivity contribution in [3.63, 3.8) is 0 Å². The van der Waals surface area contributed by atoms with E-state index in [1.807, 2.05) is 0 Å². The van der Waals surface area contributed by atoms with Crippen LogP contribution in [-0.4, -0.2) is 39.5 Å². The maximum atomic E-state index is 2.38. The molecule has 0 aliphatic carbocycles. The van der Waals surface area contributed by atoms with E-state index >= 15 is 0 Å². The number of hydrogen-bond acceptors (Lipinski definition) is 0. The fraction of sp³-hybridized carbons (Fsp3) is 1.00. The molecule has 210 valence electrons. The van der Waals surface area contributed by atoms with Gasteiger partial charge in [0, 0.05) is 0 Å². The first-order valence-electron chi connectivity index (χ1n) is 14.5. The topological polar surface area (TPSA) is 0 Å². The molecule has 0 bridgehead atoms. The van der Waals surface area contributed by atoms with E-state index in [2.05, 4.69) is 83.1 Å². The molecular formula is C30H68FISn2. The van der Waals surface area contributed by atoms with Gasteiger partial charge in [0.1, 0.15) is 0 Å². The smallest absolute Gasteiger partial charge is 0.107 e. The Kier molecular flexibility index (Phi) is 36.0. The summed E-state index contributed by atoms with van der Waals surface area (Å²) in [6.45, 7) is 28.6. The van der Waals surface area contributed by atoms with Gasteiger partial charge in [-0.05, 0) is 0 Å². The summed E-state index contributed by atoms with van der Waals surface area (Å²) in [5.41, 5.74) is 0. The van der Waals surface area contributed by atoms with Crippen LogP contribution in [0.25, 0.3) is 0 Å². The zero-order valence-corrected chi connectivity index (χ0v) is 33.8. The predicted molar refractivity (Wildman–Crippen MR) is 175 cm³/mol. The van der Waals surface area contributed by atoms with Crippen LogP contribution in [0.1, 0.15) is 122 Å². The molecule has 0 aliphatic heterocycles. The van der Waals surface area contributed by atoms with Crippen molar-refractivity contribution in [2.24, 2.45) is 35.5 Å². The van der Waals surface area contributed by atoms with Crippen LogP contribution in [0.3, 0.4) is 0 Å². The molecule has 0 saturated carbocycles. The average Bonchev–Trinajstić information content (AvgIpc) is 2.66. The molecule has 0 unspecified atom stereocenters. The van der Waals surface area contributed by atoms with Gasteiger partial charge in [-0.25, -0.2) is 0 Å². The summed E-state index contributed by atoms with van der Waals surface area (Å²) >= 11 is -1.96. The molecule has 0 spiro atoms. The summed E-state index contributed by atoms with van der Waals surface area (Å²) in [4.78, 5) is 0. The molecule has 0 aromatic heterocycles. The number of rotatable bonds is 18. The molecule has 0 fully saturated rings. The van der Waals surface area contributed by atoms with E-state index in [4.69, 9.17) is 0 Å². The molecule has 34 heavy (non-hydrogen) atoms. The zero-order chi connectivity index (χ0) is 25.1. The second-order valence-electron chi connectivity index (χ2n) is 13.1. The third-order valence-electron chi connectivity index (χ3n) is 6.45. The van der Waals surface area contributed by atoms with Crippen LogP contribution in [0.5, 0.6) is 0 Å². The molecule has 0 aromatic rings. The Morgan fingerprint density at radius 3 is 0.529 bits per heavy atom. The molecule has 2 radical (unpaired) electrons. The maximum Gasteiger partial charge on any atom is -0.107 e. The van der Waals surface area contributed by atoms with Gasteiger partial charge in [-0.1, -0.05) is 0 Å². The van der Waals surface area contributed by atoms with E-state index in [9.17, 15) is 0 Å². The first-order chi connectivity index (χ1) is 14.8. The Morgan fingerprint density at radius 1 is 0.324 bits per heavy atom. The quantitative estimate of drug-likeness (QED) is 0.0955. The van der Waals surface area contributed by atoms with Gasteiger partial charge in [-0.15, -0.1) is 24.0 Å². The standard InChI is InChI=1S/6C5H11.FH.HI.2Sn/c6*1-4-5(2)3;;;;/h6*5H,1,4H2,2-3H3;2*1H;;. The van der Waals surface area contributed by atoms with Crippen molar-refractivity contribution in [1.82, 2.24) is 0 Å². The molecule has 0 atom stereocenters. The third kappa shape index (κ3) is 36.4. The predicted octanol–water partition coefficient (Wildman–Crippen LogP) is 12.0. The summed E-state index contributed by atoms with van der Waals surface area (Å²) in [5, 5.41) is 0. The van der Waals surface area contributed by atoms with Gasteiger partial charge in [0.2, 0.25) is 0 Å². The van der Waals surface area contributed by atoms with Crippen LogP contribution in [0.2, 0.25) is 26.6 Å². The molecule has 0 heterocycles. The SMILES string of the molecule is CC(C)C[CH2][Sn]([CH2]CC(C)C)[CH2]CC(C)C.CC(C)C[CH2][Sn]([CH2]CC(C)C)[CH2]CC(C)C.F.I. The van der Waals surface area contributed by atoms with E-state index in [-0.39, 0.29) is 28.7 Å². The first-order valence-corrected chi connectivity index (χ1v) is 26.6. The van der Waals surface area contributed by atoms with Crippen molar-refractivity contribution in [3.05, 3.63) is 0 Å². The minimum Gasteiger partial charge on any atom is -0.269 e. The molecular weight excluding hydrogens is 744 g/mol. The number of hydrogen-bond donors (Lipinski definition) is 0. The van der Waals surface area contributed by atoms with Crippen LogP contribution in [0, 0.1) is 35.5 Å². The monoisotopic (exact) mass is 814 g/mol. The molecule has 0 amide bonds. The molecule has 0 N–H and O–H groups in total. The van der Waals surface area contributed by atoms with Crippen molar-refractivity contribution in [2.45, 2.75) is 148 Å². The minimum absolute atomic E-state index is 0. The summed E-state index contributed by atoms with van der Waals surface area (Å²) in [7, 11) is 0. The summed E-state index contributed by atoms with van der Waals surface area (Å²) in [5.74, 6) is 5.55. The number of halogens is 2. The Balaban J connectivity index is -0.000000250. The van der Waals surface area contributed by atoms with Crippen molar-refractivity contribution in [1.29, 1.82) is 0 Å². The summed E-state index contributed by atoms with van der Waals surface area (Å²) in [6.07, 6.45) is 9.03. The van der Waals surface area contributed by atoms with Crippen molar-refractivity contribution in [2.75, 3.05) is 0 Å². The maximum absolute atomic E-state index is 2.38. The van der Waals surface area contributed by atoms with Gasteiger partial charge < -0.3 is 0 Å². The molecule has 4 heteroatoms. The van der Waals surface area contributed by atoms with E-state index in [1.54, 1.807) is 26.6 Å². The van der Waals surface area contributed by atoms with Crippen molar-refractivity contribution in [3.8, 4) is 0 Å². The molecule has 0 saturated heterocycles. The normalized spacial score (nSPS) is 11.6. The third-order valence-corrected chi connectivity index (χ3v) is 23.5. The van der Waals surface area contributed by atoms with Crippen molar-refractivity contribution < 1.29 is 4.70 Å². The zero-order valence-electron chi connectivity index (χ0n) is 25.8. The first kappa shape index (κ1) is 43.3. The van der Waals surface area contributed by atoms with E-state index in [1.165, 1.54) is 38.5 Å². The van der Waals surface area contributed by atoms with E-state index in [0.29, 0.717) is 0 Å². The van der Waals surface area contributed by atoms with E-state index in [0.717, 1.165) is 35.5 Å². The molecule has 0 aliphatic rings. The van der Waals surface area contributed by atoms with Gasteiger partial charge >= 0.3 is 223 Å². The van der Waals surface area contributed by atoms with Crippen LogP contribution in [-0.2, 0) is 0 Å². The second-order valence-corrected chi connectivity index (χ2v) is 30.2. The van der Waals surface area contributed by atoms with E-state index < -0.39 is 39.5 Å². The van der Waals surface area contributed by atoms with Gasteiger partial charge in [-0.3, -0.25) is 4.70 Å². The Hall–Kier alpha value is 2.26. The second kappa shape index (κ2) is 28.3. The Bertz CT molecular complexity index is 291. The minimum atomic E-state index is -0.982. The van der Waals surface area contributed by atoms with Crippen molar-refractivity contribution >= 4 is 63.5 Å². The van der Waals surface area contributed by atoms with Gasteiger partial charge in [0.15, 0.2) is 0 Å². The van der Waals surface area contributed by atoms with Crippen LogP contribution in [0.4, 0.5) is 4.70 Å². The Labute approximate surface area is 249 Å². The molecule has 0 nitrogen and oxygen atoms in total.